The minimum atomic E-state index is -5.56. The third-order valence-corrected chi connectivity index (χ3v) is 1.98. The number of aromatic carboxylic acids is 1. The van der Waals surface area contributed by atoms with E-state index in [2.05, 4.69) is 0 Å². The first-order valence-electron chi connectivity index (χ1n) is 4.20. The molecule has 9 heteroatoms. The molecule has 18 heavy (non-hydrogen) atoms. The minimum absolute atomic E-state index is 0.252. The molecule has 0 unspecified atom stereocenters. The molecular formula is C9H4F6O3. The van der Waals surface area contributed by atoms with Crippen molar-refractivity contribution in [2.24, 2.45) is 0 Å². The number of rotatable bonds is 1. The van der Waals surface area contributed by atoms with Gasteiger partial charge >= 0.3 is 18.3 Å². The summed E-state index contributed by atoms with van der Waals surface area (Å²) in [6, 6.07) is 0.511. The molecule has 0 aliphatic carbocycles. The summed E-state index contributed by atoms with van der Waals surface area (Å²) >= 11 is 0. The van der Waals surface area contributed by atoms with Crippen LogP contribution in [0.2, 0.25) is 0 Å². The zero-order valence-corrected chi connectivity index (χ0v) is 8.23. The Kier molecular flexibility index (Phi) is 3.20. The number of benzene rings is 1. The zero-order chi connectivity index (χ0) is 14.3. The third kappa shape index (κ3) is 2.49. The second kappa shape index (κ2) is 4.07. The molecule has 0 saturated carbocycles. The van der Waals surface area contributed by atoms with Crippen LogP contribution in [0, 0.1) is 0 Å². The number of carboxylic acids is 1. The number of carboxylic acid groups (broad SMARTS) is 1. The van der Waals surface area contributed by atoms with Gasteiger partial charge < -0.3 is 10.2 Å². The molecule has 0 aliphatic rings. The number of phenolic OH excluding ortho intramolecular Hbond substituents is 1. The largest absolute Gasteiger partial charge is 0.507 e. The van der Waals surface area contributed by atoms with E-state index in [1.807, 2.05) is 0 Å². The molecule has 100 valence electrons. The van der Waals surface area contributed by atoms with E-state index >= 15 is 0 Å². The van der Waals surface area contributed by atoms with Crippen molar-refractivity contribution in [2.45, 2.75) is 12.4 Å². The molecule has 0 radical (unpaired) electrons. The maximum atomic E-state index is 12.5. The molecule has 1 rings (SSSR count). The summed E-state index contributed by atoms with van der Waals surface area (Å²) in [4.78, 5) is 10.5. The Hall–Kier alpha value is -1.93. The van der Waals surface area contributed by atoms with Gasteiger partial charge in [0.2, 0.25) is 0 Å². The fraction of sp³-hybridized carbons (Fsp3) is 0.222. The first kappa shape index (κ1) is 14.1. The van der Waals surface area contributed by atoms with Crippen molar-refractivity contribution in [2.75, 3.05) is 0 Å². The van der Waals surface area contributed by atoms with Crippen molar-refractivity contribution in [3.63, 3.8) is 0 Å². The summed E-state index contributed by atoms with van der Waals surface area (Å²) in [5, 5.41) is 17.3. The van der Waals surface area contributed by atoms with Crippen molar-refractivity contribution < 1.29 is 41.4 Å². The lowest BCUT2D eigenvalue weighted by atomic mass is 9.99. The number of carbonyl (C=O) groups is 1. The maximum absolute atomic E-state index is 12.5. The summed E-state index contributed by atoms with van der Waals surface area (Å²) in [5.41, 5.74) is -6.40. The van der Waals surface area contributed by atoms with Crippen LogP contribution in [0.25, 0.3) is 0 Å². The average molecular weight is 274 g/mol. The van der Waals surface area contributed by atoms with Gasteiger partial charge in [0.25, 0.3) is 0 Å². The van der Waals surface area contributed by atoms with Crippen LogP contribution in [0.3, 0.4) is 0 Å². The third-order valence-electron chi connectivity index (χ3n) is 1.98. The number of halogens is 6. The predicted octanol–water partition coefficient (Wildman–Crippen LogP) is 3.13. The standard InChI is InChI=1S/C9H4F6O3/c10-8(11,12)5-3(7(17)18)1-2-4(16)6(5)9(13,14)15/h1-2,16H,(H,17,18). The second-order valence-electron chi connectivity index (χ2n) is 3.18. The van der Waals surface area contributed by atoms with E-state index in [0.717, 1.165) is 0 Å². The van der Waals surface area contributed by atoms with E-state index in [4.69, 9.17) is 10.2 Å². The number of hydrogen-bond acceptors (Lipinski definition) is 2. The van der Waals surface area contributed by atoms with E-state index in [9.17, 15) is 31.1 Å². The Morgan fingerprint density at radius 1 is 0.944 bits per heavy atom. The summed E-state index contributed by atoms with van der Waals surface area (Å²) < 4.78 is 74.8. The SMILES string of the molecule is O=C(O)c1ccc(O)c(C(F)(F)F)c1C(F)(F)F. The number of phenols is 1. The molecule has 1 aromatic carbocycles. The van der Waals surface area contributed by atoms with Crippen LogP contribution in [0.15, 0.2) is 12.1 Å². The van der Waals surface area contributed by atoms with Gasteiger partial charge in [0, 0.05) is 0 Å². The number of aromatic hydroxyl groups is 1. The van der Waals surface area contributed by atoms with Gasteiger partial charge in [-0.1, -0.05) is 0 Å². The van der Waals surface area contributed by atoms with Crippen LogP contribution < -0.4 is 0 Å². The fourth-order valence-electron chi connectivity index (χ4n) is 1.35. The van der Waals surface area contributed by atoms with Gasteiger partial charge in [0.1, 0.15) is 11.3 Å². The molecule has 0 spiro atoms. The van der Waals surface area contributed by atoms with E-state index in [0.29, 0.717) is 0 Å². The molecule has 0 heterocycles. The Bertz CT molecular complexity index is 488. The molecular weight excluding hydrogens is 270 g/mol. The molecule has 0 bridgehead atoms. The molecule has 0 amide bonds. The summed E-state index contributed by atoms with van der Waals surface area (Å²) in [6.07, 6.45) is -11.1. The highest BCUT2D eigenvalue weighted by Gasteiger charge is 2.48. The van der Waals surface area contributed by atoms with Gasteiger partial charge in [0.15, 0.2) is 0 Å². The Morgan fingerprint density at radius 2 is 1.39 bits per heavy atom. The van der Waals surface area contributed by atoms with Crippen molar-refractivity contribution >= 4 is 5.97 Å². The summed E-state index contributed by atoms with van der Waals surface area (Å²) in [7, 11) is 0. The highest BCUT2D eigenvalue weighted by Crippen LogP contribution is 2.46. The van der Waals surface area contributed by atoms with E-state index in [-0.39, 0.29) is 12.1 Å². The first-order valence-corrected chi connectivity index (χ1v) is 4.20. The zero-order valence-electron chi connectivity index (χ0n) is 8.23. The smallest absolute Gasteiger partial charge is 0.420 e. The molecule has 0 saturated heterocycles. The topological polar surface area (TPSA) is 57.5 Å². The van der Waals surface area contributed by atoms with Gasteiger partial charge in [-0.15, -0.1) is 0 Å². The van der Waals surface area contributed by atoms with Crippen LogP contribution in [0.5, 0.6) is 5.75 Å². The number of hydrogen-bond donors (Lipinski definition) is 2. The Morgan fingerprint density at radius 3 is 1.72 bits per heavy atom. The Balaban J connectivity index is 3.79. The molecule has 1 aromatic rings. The summed E-state index contributed by atoms with van der Waals surface area (Å²) in [6.45, 7) is 0. The normalized spacial score (nSPS) is 12.6. The van der Waals surface area contributed by atoms with Crippen LogP contribution in [-0.4, -0.2) is 16.2 Å². The van der Waals surface area contributed by atoms with Crippen LogP contribution in [0.1, 0.15) is 21.5 Å². The quantitative estimate of drug-likeness (QED) is 0.773. The van der Waals surface area contributed by atoms with E-state index < -0.39 is 40.8 Å². The molecule has 2 N–H and O–H groups in total. The lowest BCUT2D eigenvalue weighted by Crippen LogP contribution is -2.21. The predicted molar refractivity (Wildman–Crippen MR) is 45.1 cm³/mol. The lowest BCUT2D eigenvalue weighted by Gasteiger charge is -2.18. The molecule has 0 fully saturated rings. The van der Waals surface area contributed by atoms with E-state index in [1.54, 1.807) is 0 Å². The number of alkyl halides is 6. The minimum Gasteiger partial charge on any atom is -0.507 e. The van der Waals surface area contributed by atoms with Gasteiger partial charge in [-0.25, -0.2) is 4.79 Å². The lowest BCUT2D eigenvalue weighted by molar-refractivity contribution is -0.163. The highest BCUT2D eigenvalue weighted by molar-refractivity contribution is 5.90. The average Bonchev–Trinajstić information content (AvgIpc) is 2.13. The van der Waals surface area contributed by atoms with E-state index in [1.165, 1.54) is 0 Å². The molecule has 3 nitrogen and oxygen atoms in total. The first-order chi connectivity index (χ1) is 7.96. The van der Waals surface area contributed by atoms with Gasteiger partial charge in [-0.2, -0.15) is 26.3 Å². The highest BCUT2D eigenvalue weighted by atomic mass is 19.4. The molecule has 0 aromatic heterocycles. The van der Waals surface area contributed by atoms with Crippen molar-refractivity contribution in [1.82, 2.24) is 0 Å². The molecule has 0 aliphatic heterocycles. The summed E-state index contributed by atoms with van der Waals surface area (Å²) in [5.74, 6) is -3.85. The van der Waals surface area contributed by atoms with Crippen molar-refractivity contribution in [3.05, 3.63) is 28.8 Å². The van der Waals surface area contributed by atoms with Crippen LogP contribution in [-0.2, 0) is 12.4 Å². The maximum Gasteiger partial charge on any atom is 0.420 e. The Labute approximate surface area is 95.3 Å². The monoisotopic (exact) mass is 274 g/mol. The second-order valence-corrected chi connectivity index (χ2v) is 3.18. The van der Waals surface area contributed by atoms with Crippen molar-refractivity contribution in [3.8, 4) is 5.75 Å². The van der Waals surface area contributed by atoms with Gasteiger partial charge in [-0.3, -0.25) is 0 Å². The fourth-order valence-corrected chi connectivity index (χ4v) is 1.35. The van der Waals surface area contributed by atoms with Gasteiger partial charge in [-0.05, 0) is 12.1 Å². The molecule has 0 atom stereocenters. The van der Waals surface area contributed by atoms with Crippen LogP contribution >= 0.6 is 0 Å². The van der Waals surface area contributed by atoms with Crippen LogP contribution in [0.4, 0.5) is 26.3 Å². The van der Waals surface area contributed by atoms with Gasteiger partial charge in [0.05, 0.1) is 11.1 Å². The van der Waals surface area contributed by atoms with Crippen molar-refractivity contribution in [1.29, 1.82) is 0 Å².